The van der Waals surface area contributed by atoms with Gasteiger partial charge in [0, 0.05) is 10.9 Å². The molecule has 21 heavy (non-hydrogen) atoms. The second kappa shape index (κ2) is 6.65. The summed E-state index contributed by atoms with van der Waals surface area (Å²) in [5.74, 6) is -0.762. The van der Waals surface area contributed by atoms with Crippen molar-refractivity contribution in [2.24, 2.45) is 0 Å². The highest BCUT2D eigenvalue weighted by molar-refractivity contribution is 7.91. The molecule has 114 valence electrons. The molecule has 2 aromatic heterocycles. The van der Waals surface area contributed by atoms with E-state index in [0.717, 1.165) is 16.2 Å². The number of carbonyl (C=O) groups is 1. The highest BCUT2D eigenvalue weighted by Crippen LogP contribution is 2.21. The van der Waals surface area contributed by atoms with Gasteiger partial charge in [0.2, 0.25) is 0 Å². The Labute approximate surface area is 130 Å². The largest absolute Gasteiger partial charge is 0.464 e. The van der Waals surface area contributed by atoms with Crippen LogP contribution in [0.4, 0.5) is 0 Å². The van der Waals surface area contributed by atoms with Crippen LogP contribution in [0.5, 0.6) is 0 Å². The van der Waals surface area contributed by atoms with E-state index in [2.05, 4.69) is 14.4 Å². The van der Waals surface area contributed by atoms with Crippen LogP contribution in [0, 0.1) is 0 Å². The van der Waals surface area contributed by atoms with Gasteiger partial charge >= 0.3 is 5.97 Å². The zero-order valence-corrected chi connectivity index (χ0v) is 13.8. The zero-order chi connectivity index (χ0) is 15.5. The van der Waals surface area contributed by atoms with E-state index < -0.39 is 16.0 Å². The first-order chi connectivity index (χ1) is 9.94. The molecule has 2 aromatic rings. The van der Waals surface area contributed by atoms with Gasteiger partial charge in [0.05, 0.1) is 12.6 Å². The summed E-state index contributed by atoms with van der Waals surface area (Å²) in [7, 11) is -2.61. The van der Waals surface area contributed by atoms with Crippen molar-refractivity contribution < 1.29 is 17.9 Å². The summed E-state index contributed by atoms with van der Waals surface area (Å²) in [5.41, 5.74) is 1.13. The molecule has 2 heterocycles. The number of methoxy groups -OCH3 is 1. The maximum Gasteiger partial charge on any atom is 0.358 e. The Morgan fingerprint density at radius 2 is 2.24 bits per heavy atom. The highest BCUT2D eigenvalue weighted by atomic mass is 32.2. The SMILES string of the molecule is COC(=O)c1ncsc1S(=O)(=O)NC(C)Cc1cccs1. The molecule has 0 aliphatic carbocycles. The Hall–Kier alpha value is -1.29. The number of carbonyl (C=O) groups excluding carboxylic acids is 1. The highest BCUT2D eigenvalue weighted by Gasteiger charge is 2.27. The molecule has 0 aliphatic rings. The molecule has 1 atom stereocenters. The number of thiophene rings is 1. The van der Waals surface area contributed by atoms with E-state index in [1.165, 1.54) is 12.6 Å². The molecule has 1 N–H and O–H groups in total. The van der Waals surface area contributed by atoms with Gasteiger partial charge in [0.25, 0.3) is 10.0 Å². The Kier molecular flexibility index (Phi) is 5.09. The molecule has 0 aliphatic heterocycles. The lowest BCUT2D eigenvalue weighted by atomic mass is 10.2. The molecule has 0 fully saturated rings. The Morgan fingerprint density at radius 1 is 1.48 bits per heavy atom. The van der Waals surface area contributed by atoms with E-state index in [0.29, 0.717) is 6.42 Å². The van der Waals surface area contributed by atoms with E-state index in [4.69, 9.17) is 0 Å². The molecule has 0 saturated carbocycles. The molecule has 0 radical (unpaired) electrons. The number of aromatic nitrogens is 1. The van der Waals surface area contributed by atoms with E-state index in [9.17, 15) is 13.2 Å². The van der Waals surface area contributed by atoms with E-state index >= 15 is 0 Å². The van der Waals surface area contributed by atoms with E-state index in [1.807, 2.05) is 17.5 Å². The maximum atomic E-state index is 12.3. The summed E-state index contributed by atoms with van der Waals surface area (Å²) in [5, 5.41) is 1.94. The molecule has 6 nitrogen and oxygen atoms in total. The third kappa shape index (κ3) is 3.88. The second-order valence-electron chi connectivity index (χ2n) is 4.29. The fourth-order valence-corrected chi connectivity index (χ4v) is 4.98. The molecular weight excluding hydrogens is 332 g/mol. The fourth-order valence-electron chi connectivity index (χ4n) is 1.75. The van der Waals surface area contributed by atoms with Gasteiger partial charge in [-0.3, -0.25) is 0 Å². The van der Waals surface area contributed by atoms with Crippen molar-refractivity contribution >= 4 is 38.7 Å². The fraction of sp³-hybridized carbons (Fsp3) is 0.333. The third-order valence-electron chi connectivity index (χ3n) is 2.60. The van der Waals surface area contributed by atoms with Gasteiger partial charge in [-0.25, -0.2) is 22.9 Å². The standard InChI is InChI=1S/C12H14N2O4S3/c1-8(6-9-4-3-5-19-9)14-21(16,17)12-10(11(15)18-2)13-7-20-12/h3-5,7-8,14H,6H2,1-2H3. The van der Waals surface area contributed by atoms with Crippen LogP contribution in [0.3, 0.4) is 0 Å². The number of thiazole rings is 1. The number of sulfonamides is 1. The quantitative estimate of drug-likeness (QED) is 0.808. The predicted octanol–water partition coefficient (Wildman–Crippen LogP) is 1.90. The van der Waals surface area contributed by atoms with Gasteiger partial charge in [-0.2, -0.15) is 0 Å². The lowest BCUT2D eigenvalue weighted by molar-refractivity contribution is 0.0590. The van der Waals surface area contributed by atoms with E-state index in [-0.39, 0.29) is 15.9 Å². The second-order valence-corrected chi connectivity index (χ2v) is 8.08. The third-order valence-corrected chi connectivity index (χ3v) is 6.46. The van der Waals surface area contributed by atoms with Crippen molar-refractivity contribution in [3.05, 3.63) is 33.6 Å². The molecule has 1 unspecified atom stereocenters. The van der Waals surface area contributed by atoms with Gasteiger partial charge in [-0.05, 0) is 24.8 Å². The smallest absolute Gasteiger partial charge is 0.358 e. The average Bonchev–Trinajstić information content (AvgIpc) is 3.07. The summed E-state index contributed by atoms with van der Waals surface area (Å²) in [6.07, 6.45) is 0.587. The first-order valence-electron chi connectivity index (χ1n) is 6.00. The van der Waals surface area contributed by atoms with Crippen LogP contribution >= 0.6 is 22.7 Å². The minimum Gasteiger partial charge on any atom is -0.464 e. The van der Waals surface area contributed by atoms with Crippen molar-refractivity contribution in [2.75, 3.05) is 7.11 Å². The number of rotatable bonds is 6. The number of hydrogen-bond donors (Lipinski definition) is 1. The van der Waals surface area contributed by atoms with Gasteiger partial charge < -0.3 is 4.74 Å². The Morgan fingerprint density at radius 3 is 2.86 bits per heavy atom. The van der Waals surface area contributed by atoms with Crippen LogP contribution < -0.4 is 4.72 Å². The number of esters is 1. The van der Waals surface area contributed by atoms with Crippen LogP contribution in [0.2, 0.25) is 0 Å². The molecule has 9 heteroatoms. The summed E-state index contributed by atoms with van der Waals surface area (Å²) in [6.45, 7) is 1.77. The van der Waals surface area contributed by atoms with Crippen molar-refractivity contribution in [1.29, 1.82) is 0 Å². The van der Waals surface area contributed by atoms with Crippen LogP contribution in [-0.4, -0.2) is 32.5 Å². The Bertz CT molecular complexity index is 707. The monoisotopic (exact) mass is 346 g/mol. The maximum absolute atomic E-state index is 12.3. The molecule has 0 bridgehead atoms. The van der Waals surface area contributed by atoms with Gasteiger partial charge in [-0.15, -0.1) is 22.7 Å². The first kappa shape index (κ1) is 16.1. The zero-order valence-electron chi connectivity index (χ0n) is 11.4. The molecule has 2 rings (SSSR count). The molecule has 0 amide bonds. The predicted molar refractivity (Wildman–Crippen MR) is 81.3 cm³/mol. The van der Waals surface area contributed by atoms with E-state index in [1.54, 1.807) is 18.3 Å². The van der Waals surface area contributed by atoms with Crippen LogP contribution in [0.25, 0.3) is 0 Å². The summed E-state index contributed by atoms with van der Waals surface area (Å²) < 4.78 is 31.6. The topological polar surface area (TPSA) is 85.4 Å². The number of nitrogens with zero attached hydrogens (tertiary/aromatic N) is 1. The lowest BCUT2D eigenvalue weighted by Crippen LogP contribution is -2.34. The summed E-state index contributed by atoms with van der Waals surface area (Å²) in [4.78, 5) is 16.4. The van der Waals surface area contributed by atoms with Crippen molar-refractivity contribution in [2.45, 2.75) is 23.6 Å². The summed E-state index contributed by atoms with van der Waals surface area (Å²) in [6, 6.07) is 3.57. The van der Waals surface area contributed by atoms with Crippen LogP contribution in [0.15, 0.2) is 27.2 Å². The van der Waals surface area contributed by atoms with Gasteiger partial charge in [0.15, 0.2) is 9.90 Å². The number of ether oxygens (including phenoxy) is 1. The Balaban J connectivity index is 2.15. The van der Waals surface area contributed by atoms with Crippen LogP contribution in [0.1, 0.15) is 22.3 Å². The van der Waals surface area contributed by atoms with Crippen molar-refractivity contribution in [3.8, 4) is 0 Å². The number of nitrogens with one attached hydrogen (secondary N) is 1. The van der Waals surface area contributed by atoms with Crippen LogP contribution in [-0.2, 0) is 21.2 Å². The number of hydrogen-bond acceptors (Lipinski definition) is 7. The van der Waals surface area contributed by atoms with Gasteiger partial charge in [0.1, 0.15) is 0 Å². The lowest BCUT2D eigenvalue weighted by Gasteiger charge is -2.12. The molecule has 0 spiro atoms. The van der Waals surface area contributed by atoms with Crippen molar-refractivity contribution in [3.63, 3.8) is 0 Å². The first-order valence-corrected chi connectivity index (χ1v) is 9.25. The normalized spacial score (nSPS) is 13.0. The minimum absolute atomic E-state index is 0.118. The van der Waals surface area contributed by atoms with Gasteiger partial charge in [-0.1, -0.05) is 6.07 Å². The minimum atomic E-state index is -3.80. The van der Waals surface area contributed by atoms with Crippen molar-refractivity contribution in [1.82, 2.24) is 9.71 Å². The average molecular weight is 346 g/mol. The molecule has 0 saturated heterocycles. The summed E-state index contributed by atoms with van der Waals surface area (Å²) >= 11 is 2.46. The molecule has 0 aromatic carbocycles. The molecular formula is C12H14N2O4S3.